The van der Waals surface area contributed by atoms with Crippen LogP contribution in [0.4, 0.5) is 10.1 Å². The number of para-hydroxylation sites is 1. The molecule has 0 bridgehead atoms. The van der Waals surface area contributed by atoms with Crippen LogP contribution in [0.1, 0.15) is 16.7 Å². The molecule has 0 saturated heterocycles. The number of cyclic esters (lactones) is 1. The minimum absolute atomic E-state index is 0.0192. The number of carbonyl (C=O) groups is 1. The van der Waals surface area contributed by atoms with Crippen molar-refractivity contribution in [3.05, 3.63) is 111 Å². The number of hydrogen-bond acceptors (Lipinski definition) is 6. The van der Waals surface area contributed by atoms with Crippen LogP contribution < -0.4 is 4.74 Å². The summed E-state index contributed by atoms with van der Waals surface area (Å²) in [6, 6.07) is 18.7. The van der Waals surface area contributed by atoms with Gasteiger partial charge in [0, 0.05) is 23.3 Å². The largest absolute Gasteiger partial charge is 0.488 e. The molecule has 0 N–H and O–H groups in total. The van der Waals surface area contributed by atoms with Crippen LogP contribution in [0.5, 0.6) is 5.75 Å². The van der Waals surface area contributed by atoms with Gasteiger partial charge in [-0.1, -0.05) is 36.4 Å². The molecule has 3 aromatic rings. The molecule has 1 heterocycles. The summed E-state index contributed by atoms with van der Waals surface area (Å²) >= 11 is 0. The number of rotatable bonds is 6. The molecule has 0 fully saturated rings. The number of carbonyl (C=O) groups excluding carboxylic acids is 1. The molecular weight excluding hydrogens is 403 g/mol. The Morgan fingerprint density at radius 1 is 1.06 bits per heavy atom. The lowest BCUT2D eigenvalue weighted by Crippen LogP contribution is -2.05. The molecule has 0 unspecified atom stereocenters. The second kappa shape index (κ2) is 8.58. The smallest absolute Gasteiger partial charge is 0.363 e. The van der Waals surface area contributed by atoms with Crippen molar-refractivity contribution >= 4 is 23.6 Å². The van der Waals surface area contributed by atoms with Gasteiger partial charge in [0.15, 0.2) is 5.70 Å². The predicted molar refractivity (Wildman–Crippen MR) is 111 cm³/mol. The van der Waals surface area contributed by atoms with E-state index >= 15 is 0 Å². The maximum absolute atomic E-state index is 13.4. The van der Waals surface area contributed by atoms with E-state index < -0.39 is 16.7 Å². The molecule has 31 heavy (non-hydrogen) atoms. The van der Waals surface area contributed by atoms with Gasteiger partial charge in [-0.05, 0) is 35.9 Å². The van der Waals surface area contributed by atoms with E-state index in [1.165, 1.54) is 36.4 Å². The van der Waals surface area contributed by atoms with Crippen LogP contribution in [0.15, 0.2) is 83.5 Å². The maximum atomic E-state index is 13.4. The summed E-state index contributed by atoms with van der Waals surface area (Å²) in [5, 5.41) is 10.9. The highest BCUT2D eigenvalue weighted by molar-refractivity contribution is 6.12. The van der Waals surface area contributed by atoms with E-state index in [2.05, 4.69) is 4.99 Å². The topological polar surface area (TPSA) is 91.0 Å². The van der Waals surface area contributed by atoms with E-state index in [0.717, 1.165) is 0 Å². The average molecular weight is 418 g/mol. The molecule has 0 atom stereocenters. The first kappa shape index (κ1) is 20.0. The van der Waals surface area contributed by atoms with Gasteiger partial charge < -0.3 is 9.47 Å². The first-order valence-electron chi connectivity index (χ1n) is 9.23. The van der Waals surface area contributed by atoms with Crippen LogP contribution in [0.3, 0.4) is 0 Å². The summed E-state index contributed by atoms with van der Waals surface area (Å²) in [6.45, 7) is 0.101. The van der Waals surface area contributed by atoms with Crippen molar-refractivity contribution in [2.75, 3.05) is 0 Å². The maximum Gasteiger partial charge on any atom is 0.363 e. The lowest BCUT2D eigenvalue weighted by Gasteiger charge is -2.09. The molecule has 0 spiro atoms. The summed E-state index contributed by atoms with van der Waals surface area (Å²) in [5.41, 5.74) is 1.58. The van der Waals surface area contributed by atoms with E-state index in [4.69, 9.17) is 9.47 Å². The summed E-state index contributed by atoms with van der Waals surface area (Å²) in [5.74, 6) is -0.643. The minimum Gasteiger partial charge on any atom is -0.488 e. The fourth-order valence-corrected chi connectivity index (χ4v) is 2.95. The van der Waals surface area contributed by atoms with Gasteiger partial charge in [-0.3, -0.25) is 10.1 Å². The van der Waals surface area contributed by atoms with Crippen LogP contribution in [-0.4, -0.2) is 16.8 Å². The van der Waals surface area contributed by atoms with Crippen molar-refractivity contribution in [3.63, 3.8) is 0 Å². The molecule has 3 aromatic carbocycles. The van der Waals surface area contributed by atoms with E-state index in [1.807, 2.05) is 0 Å². The number of aliphatic imine (C=N–C) groups is 1. The average Bonchev–Trinajstić information content (AvgIpc) is 3.13. The lowest BCUT2D eigenvalue weighted by molar-refractivity contribution is -0.384. The van der Waals surface area contributed by atoms with Crippen LogP contribution in [0.2, 0.25) is 0 Å². The predicted octanol–water partition coefficient (Wildman–Crippen LogP) is 4.66. The van der Waals surface area contributed by atoms with Crippen molar-refractivity contribution in [2.45, 2.75) is 6.61 Å². The lowest BCUT2D eigenvalue weighted by atomic mass is 10.1. The van der Waals surface area contributed by atoms with E-state index in [1.54, 1.807) is 42.5 Å². The van der Waals surface area contributed by atoms with Gasteiger partial charge in [-0.25, -0.2) is 14.2 Å². The van der Waals surface area contributed by atoms with E-state index in [0.29, 0.717) is 22.4 Å². The highest BCUT2D eigenvalue weighted by Gasteiger charge is 2.24. The first-order chi connectivity index (χ1) is 15.0. The van der Waals surface area contributed by atoms with Gasteiger partial charge in [0.05, 0.1) is 4.92 Å². The highest BCUT2D eigenvalue weighted by atomic mass is 19.1. The van der Waals surface area contributed by atoms with Gasteiger partial charge in [-0.15, -0.1) is 0 Å². The SMILES string of the molecule is O=C1OC(c2cccc(F)c2)=N/C1=C\c1ccccc1OCc1cccc([N+](=O)[O-])c1. The Labute approximate surface area is 176 Å². The molecule has 0 amide bonds. The first-order valence-corrected chi connectivity index (χ1v) is 9.23. The number of benzene rings is 3. The Hall–Kier alpha value is -4.33. The summed E-state index contributed by atoms with van der Waals surface area (Å²) < 4.78 is 24.4. The van der Waals surface area contributed by atoms with Gasteiger partial charge in [-0.2, -0.15) is 0 Å². The quantitative estimate of drug-likeness (QED) is 0.251. The fraction of sp³-hybridized carbons (Fsp3) is 0.0435. The number of nitrogens with zero attached hydrogens (tertiary/aromatic N) is 2. The molecule has 1 aliphatic rings. The Morgan fingerprint density at radius 2 is 1.87 bits per heavy atom. The third-order valence-corrected chi connectivity index (χ3v) is 4.42. The molecule has 1 aliphatic heterocycles. The van der Waals surface area contributed by atoms with Gasteiger partial charge in [0.1, 0.15) is 18.2 Å². The third-order valence-electron chi connectivity index (χ3n) is 4.42. The molecule has 8 heteroatoms. The Balaban J connectivity index is 1.57. The number of nitro benzene ring substituents is 1. The number of hydrogen-bond donors (Lipinski definition) is 0. The minimum atomic E-state index is -0.659. The molecule has 4 rings (SSSR count). The molecule has 7 nitrogen and oxygen atoms in total. The number of esters is 1. The molecule has 154 valence electrons. The van der Waals surface area contributed by atoms with Crippen molar-refractivity contribution in [3.8, 4) is 5.75 Å². The Kier molecular flexibility index (Phi) is 5.53. The number of halogens is 1. The summed E-state index contributed by atoms with van der Waals surface area (Å²) in [4.78, 5) is 26.9. The van der Waals surface area contributed by atoms with E-state index in [9.17, 15) is 19.3 Å². The van der Waals surface area contributed by atoms with Crippen molar-refractivity contribution < 1.29 is 23.6 Å². The fourth-order valence-electron chi connectivity index (χ4n) is 2.95. The zero-order chi connectivity index (χ0) is 21.8. The summed E-state index contributed by atoms with van der Waals surface area (Å²) in [6.07, 6.45) is 1.51. The van der Waals surface area contributed by atoms with Crippen molar-refractivity contribution in [1.29, 1.82) is 0 Å². The Morgan fingerprint density at radius 3 is 2.68 bits per heavy atom. The van der Waals surface area contributed by atoms with Crippen LogP contribution >= 0.6 is 0 Å². The highest BCUT2D eigenvalue weighted by Crippen LogP contribution is 2.26. The normalized spacial score (nSPS) is 14.3. The number of ether oxygens (including phenoxy) is 2. The van der Waals surface area contributed by atoms with Crippen LogP contribution in [0, 0.1) is 15.9 Å². The van der Waals surface area contributed by atoms with Crippen LogP contribution in [-0.2, 0) is 16.1 Å². The van der Waals surface area contributed by atoms with Crippen molar-refractivity contribution in [1.82, 2.24) is 0 Å². The zero-order valence-electron chi connectivity index (χ0n) is 16.0. The monoisotopic (exact) mass is 418 g/mol. The van der Waals surface area contributed by atoms with Gasteiger partial charge in [0.2, 0.25) is 5.90 Å². The standard InChI is InChI=1S/C23H15FN2O5/c24-18-8-4-7-17(12-18)22-25-20(23(27)31-22)13-16-6-1-2-10-21(16)30-14-15-5-3-9-19(11-15)26(28)29/h1-13H,14H2/b20-13-. The second-order valence-corrected chi connectivity index (χ2v) is 6.60. The van der Waals surface area contributed by atoms with Crippen LogP contribution in [0.25, 0.3) is 6.08 Å². The summed E-state index contributed by atoms with van der Waals surface area (Å²) in [7, 11) is 0. The molecular formula is C23H15FN2O5. The third kappa shape index (κ3) is 4.64. The Bertz CT molecular complexity index is 1240. The number of non-ortho nitro benzene ring substituents is 1. The van der Waals surface area contributed by atoms with Gasteiger partial charge >= 0.3 is 5.97 Å². The second-order valence-electron chi connectivity index (χ2n) is 6.60. The molecule has 0 aliphatic carbocycles. The zero-order valence-corrected chi connectivity index (χ0v) is 16.0. The van der Waals surface area contributed by atoms with Crippen molar-refractivity contribution in [2.24, 2.45) is 4.99 Å². The van der Waals surface area contributed by atoms with E-state index in [-0.39, 0.29) is 23.9 Å². The molecule has 0 radical (unpaired) electrons. The van der Waals surface area contributed by atoms with Gasteiger partial charge in [0.25, 0.3) is 5.69 Å². The molecule has 0 aromatic heterocycles. The molecule has 0 saturated carbocycles. The number of nitro groups is 1.